The Labute approximate surface area is 141 Å². The predicted octanol–water partition coefficient (Wildman–Crippen LogP) is 3.36. The minimum absolute atomic E-state index is 0.155. The molecule has 1 heterocycles. The van der Waals surface area contributed by atoms with Crippen molar-refractivity contribution < 1.29 is 13.9 Å². The summed E-state index contributed by atoms with van der Waals surface area (Å²) in [6.07, 6.45) is 0. The third-order valence-corrected chi connectivity index (χ3v) is 4.35. The van der Waals surface area contributed by atoms with Gasteiger partial charge in [-0.3, -0.25) is 9.69 Å². The van der Waals surface area contributed by atoms with Gasteiger partial charge < -0.3 is 10.1 Å². The fourth-order valence-electron chi connectivity index (χ4n) is 2.76. The Balaban J connectivity index is 1.70. The maximum absolute atomic E-state index is 13.6. The van der Waals surface area contributed by atoms with Crippen LogP contribution in [0.4, 0.5) is 10.1 Å². The molecule has 4 nitrogen and oxygen atoms in total. The van der Waals surface area contributed by atoms with Crippen LogP contribution in [0.3, 0.4) is 0 Å². The van der Waals surface area contributed by atoms with Gasteiger partial charge in [-0.1, -0.05) is 24.3 Å². The minimum Gasteiger partial charge on any atom is -0.492 e. The number of nitrogens with zero attached hydrogens (tertiary/aromatic N) is 1. The smallest absolute Gasteiger partial charge is 0.241 e. The maximum Gasteiger partial charge on any atom is 0.241 e. The van der Waals surface area contributed by atoms with Crippen LogP contribution in [0.2, 0.25) is 0 Å². The van der Waals surface area contributed by atoms with E-state index in [1.807, 2.05) is 31.2 Å². The number of amides is 1. The van der Waals surface area contributed by atoms with Crippen molar-refractivity contribution in [2.45, 2.75) is 26.4 Å². The standard InChI is InChI=1S/C19H21FN2O2/c1-13-7-8-16(11-17(13)20)21-19(23)14(2)22-9-10-24-18-6-4-3-5-15(18)12-22/h3-8,11,14H,9-10,12H2,1-2H3,(H,21,23). The highest BCUT2D eigenvalue weighted by atomic mass is 19.1. The Kier molecular flexibility index (Phi) is 4.81. The number of hydrogen-bond acceptors (Lipinski definition) is 3. The molecule has 5 heteroatoms. The number of anilines is 1. The van der Waals surface area contributed by atoms with Crippen LogP contribution in [0.5, 0.6) is 5.75 Å². The van der Waals surface area contributed by atoms with E-state index in [1.54, 1.807) is 19.1 Å². The summed E-state index contributed by atoms with van der Waals surface area (Å²) in [6.45, 7) is 5.39. The molecule has 0 radical (unpaired) electrons. The number of fused-ring (bicyclic) bond motifs is 1. The zero-order chi connectivity index (χ0) is 17.1. The van der Waals surface area contributed by atoms with E-state index in [-0.39, 0.29) is 17.8 Å². The van der Waals surface area contributed by atoms with Gasteiger partial charge in [0.15, 0.2) is 0 Å². The normalized spacial score (nSPS) is 15.8. The Bertz CT molecular complexity index is 748. The molecule has 2 aromatic carbocycles. The van der Waals surface area contributed by atoms with Gasteiger partial charge in [-0.15, -0.1) is 0 Å². The lowest BCUT2D eigenvalue weighted by Gasteiger charge is -2.26. The van der Waals surface area contributed by atoms with Crippen LogP contribution in [0, 0.1) is 12.7 Å². The second-order valence-corrected chi connectivity index (χ2v) is 6.06. The van der Waals surface area contributed by atoms with Crippen molar-refractivity contribution in [3.8, 4) is 5.75 Å². The molecule has 0 aliphatic carbocycles. The Morgan fingerprint density at radius 1 is 1.29 bits per heavy atom. The second-order valence-electron chi connectivity index (χ2n) is 6.06. The largest absolute Gasteiger partial charge is 0.492 e. The summed E-state index contributed by atoms with van der Waals surface area (Å²) >= 11 is 0. The monoisotopic (exact) mass is 328 g/mol. The summed E-state index contributed by atoms with van der Waals surface area (Å²) in [5.41, 5.74) is 2.10. The average Bonchev–Trinajstić information content (AvgIpc) is 2.79. The van der Waals surface area contributed by atoms with Gasteiger partial charge in [-0.2, -0.15) is 0 Å². The van der Waals surface area contributed by atoms with E-state index in [0.717, 1.165) is 11.3 Å². The van der Waals surface area contributed by atoms with Gasteiger partial charge in [0.1, 0.15) is 18.2 Å². The first-order valence-electron chi connectivity index (χ1n) is 8.06. The van der Waals surface area contributed by atoms with Gasteiger partial charge in [0.05, 0.1) is 6.04 Å². The Morgan fingerprint density at radius 3 is 2.88 bits per heavy atom. The van der Waals surface area contributed by atoms with Crippen molar-refractivity contribution in [1.29, 1.82) is 0 Å². The highest BCUT2D eigenvalue weighted by Gasteiger charge is 2.24. The number of aryl methyl sites for hydroxylation is 1. The number of carbonyl (C=O) groups excluding carboxylic acids is 1. The van der Waals surface area contributed by atoms with Gasteiger partial charge in [-0.05, 0) is 37.6 Å². The number of halogens is 1. The molecule has 0 fully saturated rings. The summed E-state index contributed by atoms with van der Waals surface area (Å²) in [6, 6.07) is 12.2. The van der Waals surface area contributed by atoms with Gasteiger partial charge in [0, 0.05) is 24.3 Å². The van der Waals surface area contributed by atoms with Crippen LogP contribution in [-0.4, -0.2) is 30.0 Å². The number of carbonyl (C=O) groups is 1. The van der Waals surface area contributed by atoms with Crippen LogP contribution in [0.15, 0.2) is 42.5 Å². The Morgan fingerprint density at radius 2 is 2.08 bits per heavy atom. The molecule has 24 heavy (non-hydrogen) atoms. The molecule has 3 rings (SSSR count). The van der Waals surface area contributed by atoms with E-state index in [4.69, 9.17) is 4.74 Å². The molecule has 1 amide bonds. The highest BCUT2D eigenvalue weighted by molar-refractivity contribution is 5.94. The third kappa shape index (κ3) is 3.57. The molecular weight excluding hydrogens is 307 g/mol. The first-order chi connectivity index (χ1) is 11.5. The summed E-state index contributed by atoms with van der Waals surface area (Å²) in [5, 5.41) is 2.79. The van der Waals surface area contributed by atoms with E-state index in [0.29, 0.717) is 30.9 Å². The second kappa shape index (κ2) is 7.01. The summed E-state index contributed by atoms with van der Waals surface area (Å²) in [4.78, 5) is 14.6. The molecule has 0 saturated carbocycles. The number of para-hydroxylation sites is 1. The average molecular weight is 328 g/mol. The van der Waals surface area contributed by atoms with E-state index in [2.05, 4.69) is 10.2 Å². The van der Waals surface area contributed by atoms with Crippen LogP contribution < -0.4 is 10.1 Å². The lowest BCUT2D eigenvalue weighted by Crippen LogP contribution is -2.42. The number of nitrogens with one attached hydrogen (secondary N) is 1. The molecule has 126 valence electrons. The molecule has 0 aromatic heterocycles. The lowest BCUT2D eigenvalue weighted by atomic mass is 10.1. The van der Waals surface area contributed by atoms with Crippen LogP contribution in [0.1, 0.15) is 18.1 Å². The molecule has 1 aliphatic rings. The van der Waals surface area contributed by atoms with Crippen molar-refractivity contribution in [3.63, 3.8) is 0 Å². The quantitative estimate of drug-likeness (QED) is 0.939. The molecule has 1 atom stereocenters. The fourth-order valence-corrected chi connectivity index (χ4v) is 2.76. The van der Waals surface area contributed by atoms with Crippen molar-refractivity contribution in [1.82, 2.24) is 4.90 Å². The Hall–Kier alpha value is -2.40. The van der Waals surface area contributed by atoms with Crippen LogP contribution in [-0.2, 0) is 11.3 Å². The molecule has 0 spiro atoms. The van der Waals surface area contributed by atoms with Gasteiger partial charge >= 0.3 is 0 Å². The first-order valence-corrected chi connectivity index (χ1v) is 8.06. The lowest BCUT2D eigenvalue weighted by molar-refractivity contribution is -0.121. The topological polar surface area (TPSA) is 41.6 Å². The summed E-state index contributed by atoms with van der Waals surface area (Å²) in [5.74, 6) is 0.392. The molecule has 2 aromatic rings. The van der Waals surface area contributed by atoms with Crippen molar-refractivity contribution in [2.24, 2.45) is 0 Å². The molecule has 1 unspecified atom stereocenters. The molecular formula is C19H21FN2O2. The summed E-state index contributed by atoms with van der Waals surface area (Å²) in [7, 11) is 0. The SMILES string of the molecule is Cc1ccc(NC(=O)C(C)N2CCOc3ccccc3C2)cc1F. The molecule has 1 N–H and O–H groups in total. The number of hydrogen-bond donors (Lipinski definition) is 1. The zero-order valence-corrected chi connectivity index (χ0v) is 13.9. The number of rotatable bonds is 3. The highest BCUT2D eigenvalue weighted by Crippen LogP contribution is 2.24. The number of ether oxygens (including phenoxy) is 1. The van der Waals surface area contributed by atoms with Gasteiger partial charge in [0.2, 0.25) is 5.91 Å². The van der Waals surface area contributed by atoms with E-state index in [9.17, 15) is 9.18 Å². The van der Waals surface area contributed by atoms with Crippen molar-refractivity contribution >= 4 is 11.6 Å². The third-order valence-electron chi connectivity index (χ3n) is 4.35. The van der Waals surface area contributed by atoms with E-state index in [1.165, 1.54) is 6.07 Å². The predicted molar refractivity (Wildman–Crippen MR) is 91.6 cm³/mol. The van der Waals surface area contributed by atoms with Gasteiger partial charge in [0.25, 0.3) is 0 Å². The first kappa shape index (κ1) is 16.5. The van der Waals surface area contributed by atoms with Crippen molar-refractivity contribution in [2.75, 3.05) is 18.5 Å². The van der Waals surface area contributed by atoms with Gasteiger partial charge in [-0.25, -0.2) is 4.39 Å². The van der Waals surface area contributed by atoms with Crippen LogP contribution >= 0.6 is 0 Å². The maximum atomic E-state index is 13.6. The van der Waals surface area contributed by atoms with Crippen LogP contribution in [0.25, 0.3) is 0 Å². The molecule has 0 saturated heterocycles. The molecule has 1 aliphatic heterocycles. The van der Waals surface area contributed by atoms with Crippen molar-refractivity contribution in [3.05, 3.63) is 59.4 Å². The molecule has 0 bridgehead atoms. The minimum atomic E-state index is -0.343. The summed E-state index contributed by atoms with van der Waals surface area (Å²) < 4.78 is 19.4. The van der Waals surface area contributed by atoms with E-state index < -0.39 is 0 Å². The number of benzene rings is 2. The van der Waals surface area contributed by atoms with E-state index >= 15 is 0 Å². The fraction of sp³-hybridized carbons (Fsp3) is 0.316. The zero-order valence-electron chi connectivity index (χ0n) is 13.9.